The van der Waals surface area contributed by atoms with Crippen molar-refractivity contribution in [2.45, 2.75) is 64.3 Å². The van der Waals surface area contributed by atoms with Crippen molar-refractivity contribution in [3.05, 3.63) is 24.3 Å². The molecule has 0 radical (unpaired) electrons. The van der Waals surface area contributed by atoms with Gasteiger partial charge in [-0.25, -0.2) is 4.79 Å². The maximum atomic E-state index is 12.1. The summed E-state index contributed by atoms with van der Waals surface area (Å²) in [5, 5.41) is 8.82. The molecular weight excluding hydrogens is 352 g/mol. The highest BCUT2D eigenvalue weighted by Gasteiger charge is 2.18. The minimum Gasteiger partial charge on any atom is -0.371 e. The molecule has 1 aromatic rings. The van der Waals surface area contributed by atoms with E-state index >= 15 is 0 Å². The van der Waals surface area contributed by atoms with Crippen molar-refractivity contribution < 1.29 is 9.59 Å². The largest absolute Gasteiger partial charge is 0.371 e. The molecule has 0 bridgehead atoms. The first-order valence-electron chi connectivity index (χ1n) is 10.8. The third-order valence-electron chi connectivity index (χ3n) is 5.75. The van der Waals surface area contributed by atoms with Gasteiger partial charge >= 0.3 is 6.03 Å². The molecule has 6 heteroatoms. The van der Waals surface area contributed by atoms with Crippen molar-refractivity contribution in [2.24, 2.45) is 5.92 Å². The Morgan fingerprint density at radius 3 is 2.50 bits per heavy atom. The second-order valence-electron chi connectivity index (χ2n) is 8.27. The van der Waals surface area contributed by atoms with E-state index in [4.69, 9.17) is 0 Å². The van der Waals surface area contributed by atoms with Gasteiger partial charge in [0.05, 0.1) is 0 Å². The van der Waals surface area contributed by atoms with Crippen molar-refractivity contribution >= 4 is 23.3 Å². The van der Waals surface area contributed by atoms with E-state index < -0.39 is 0 Å². The molecule has 1 aliphatic carbocycles. The lowest BCUT2D eigenvalue weighted by Crippen LogP contribution is -2.43. The Labute approximate surface area is 168 Å². The van der Waals surface area contributed by atoms with E-state index in [0.717, 1.165) is 37.5 Å². The van der Waals surface area contributed by atoms with E-state index in [1.165, 1.54) is 31.4 Å². The summed E-state index contributed by atoms with van der Waals surface area (Å²) in [5.74, 6) is 0.731. The predicted molar refractivity (Wildman–Crippen MR) is 114 cm³/mol. The number of anilines is 2. The molecule has 28 heavy (non-hydrogen) atoms. The Balaban J connectivity index is 1.30. The first-order chi connectivity index (χ1) is 13.6. The van der Waals surface area contributed by atoms with Crippen LogP contribution in [0.25, 0.3) is 0 Å². The van der Waals surface area contributed by atoms with E-state index in [2.05, 4.69) is 39.9 Å². The van der Waals surface area contributed by atoms with E-state index in [1.807, 2.05) is 12.1 Å². The molecule has 2 fully saturated rings. The number of benzene rings is 1. The Morgan fingerprint density at radius 1 is 1.07 bits per heavy atom. The first-order valence-corrected chi connectivity index (χ1v) is 10.8. The molecule has 1 aliphatic heterocycles. The molecule has 2 aliphatic rings. The van der Waals surface area contributed by atoms with Crippen LogP contribution in [0.1, 0.15) is 58.3 Å². The minimum atomic E-state index is -0.112. The number of nitrogens with one attached hydrogen (secondary N) is 3. The summed E-state index contributed by atoms with van der Waals surface area (Å²) in [6.07, 6.45) is 8.09. The Morgan fingerprint density at radius 2 is 1.82 bits per heavy atom. The van der Waals surface area contributed by atoms with Crippen LogP contribution in [-0.2, 0) is 4.79 Å². The van der Waals surface area contributed by atoms with E-state index in [9.17, 15) is 9.59 Å². The van der Waals surface area contributed by atoms with E-state index in [-0.39, 0.29) is 11.9 Å². The van der Waals surface area contributed by atoms with Gasteiger partial charge in [0.15, 0.2) is 0 Å². The van der Waals surface area contributed by atoms with Crippen molar-refractivity contribution in [2.75, 3.05) is 29.9 Å². The molecule has 3 rings (SSSR count). The minimum absolute atomic E-state index is 0.0166. The number of nitrogens with zero attached hydrogens (tertiary/aromatic N) is 1. The monoisotopic (exact) mass is 386 g/mol. The molecule has 3 amide bonds. The van der Waals surface area contributed by atoms with Crippen LogP contribution in [-0.4, -0.2) is 37.6 Å². The zero-order valence-corrected chi connectivity index (χ0v) is 17.0. The summed E-state index contributed by atoms with van der Waals surface area (Å²) in [4.78, 5) is 26.4. The topological polar surface area (TPSA) is 73.5 Å². The van der Waals surface area contributed by atoms with Crippen LogP contribution in [0.3, 0.4) is 0 Å². The van der Waals surface area contributed by atoms with E-state index in [0.29, 0.717) is 25.4 Å². The van der Waals surface area contributed by atoms with Crippen LogP contribution in [0, 0.1) is 5.92 Å². The average Bonchev–Trinajstić information content (AvgIpc) is 3.13. The molecule has 154 valence electrons. The molecular formula is C22H34N4O2. The number of urea groups is 1. The van der Waals surface area contributed by atoms with Gasteiger partial charge in [0, 0.05) is 43.5 Å². The Kier molecular flexibility index (Phi) is 7.57. The van der Waals surface area contributed by atoms with Gasteiger partial charge in [-0.3, -0.25) is 4.79 Å². The molecule has 0 aromatic heterocycles. The second-order valence-corrected chi connectivity index (χ2v) is 8.27. The van der Waals surface area contributed by atoms with Gasteiger partial charge in [0.1, 0.15) is 0 Å². The summed E-state index contributed by atoms with van der Waals surface area (Å²) in [6.45, 7) is 5.00. The first kappa shape index (κ1) is 20.5. The molecule has 1 heterocycles. The van der Waals surface area contributed by atoms with Gasteiger partial charge in [-0.15, -0.1) is 0 Å². The highest BCUT2D eigenvalue weighted by atomic mass is 16.2. The zero-order chi connectivity index (χ0) is 19.8. The summed E-state index contributed by atoms with van der Waals surface area (Å²) in [6, 6.07) is 8.27. The molecule has 1 saturated heterocycles. The van der Waals surface area contributed by atoms with Crippen LogP contribution in [0.5, 0.6) is 0 Å². The molecule has 1 atom stereocenters. The van der Waals surface area contributed by atoms with E-state index in [1.54, 1.807) is 0 Å². The second kappa shape index (κ2) is 10.3. The van der Waals surface area contributed by atoms with Crippen LogP contribution in [0.2, 0.25) is 0 Å². The standard InChI is InChI=1S/C22H34N4O2/c1-17-13-15-26(16-17)20-11-9-19(10-12-20)24-21(27)8-5-14-23-22(28)25-18-6-3-2-4-7-18/h9-12,17-18H,2-8,13-16H2,1H3,(H,24,27)(H2,23,25,28). The van der Waals surface area contributed by atoms with Crippen molar-refractivity contribution in [3.8, 4) is 0 Å². The average molecular weight is 387 g/mol. The van der Waals surface area contributed by atoms with Crippen LogP contribution in [0.4, 0.5) is 16.2 Å². The SMILES string of the molecule is CC1CCN(c2ccc(NC(=O)CCCNC(=O)NC3CCCCC3)cc2)C1. The summed E-state index contributed by atoms with van der Waals surface area (Å²) in [7, 11) is 0. The maximum Gasteiger partial charge on any atom is 0.315 e. The maximum absolute atomic E-state index is 12.1. The van der Waals surface area contributed by atoms with Crippen molar-refractivity contribution in [1.82, 2.24) is 10.6 Å². The van der Waals surface area contributed by atoms with Crippen LogP contribution < -0.4 is 20.9 Å². The molecule has 1 aromatic carbocycles. The number of amides is 3. The number of rotatable bonds is 7. The van der Waals surface area contributed by atoms with Gasteiger partial charge in [0.2, 0.25) is 5.91 Å². The fourth-order valence-corrected chi connectivity index (χ4v) is 4.08. The third-order valence-corrected chi connectivity index (χ3v) is 5.75. The number of carbonyl (C=O) groups excluding carboxylic acids is 2. The van der Waals surface area contributed by atoms with Crippen molar-refractivity contribution in [3.63, 3.8) is 0 Å². The fourth-order valence-electron chi connectivity index (χ4n) is 4.08. The van der Waals surface area contributed by atoms with Gasteiger partial charge in [-0.2, -0.15) is 0 Å². The molecule has 0 spiro atoms. The number of carbonyl (C=O) groups is 2. The van der Waals surface area contributed by atoms with Gasteiger partial charge in [0.25, 0.3) is 0 Å². The highest BCUT2D eigenvalue weighted by Crippen LogP contribution is 2.24. The molecule has 6 nitrogen and oxygen atoms in total. The molecule has 3 N–H and O–H groups in total. The number of hydrogen-bond donors (Lipinski definition) is 3. The quantitative estimate of drug-likeness (QED) is 0.623. The fraction of sp³-hybridized carbons (Fsp3) is 0.636. The van der Waals surface area contributed by atoms with Gasteiger partial charge in [-0.1, -0.05) is 26.2 Å². The third kappa shape index (κ3) is 6.43. The summed E-state index contributed by atoms with van der Waals surface area (Å²) in [5.41, 5.74) is 2.04. The Hall–Kier alpha value is -2.24. The van der Waals surface area contributed by atoms with Crippen LogP contribution in [0.15, 0.2) is 24.3 Å². The summed E-state index contributed by atoms with van der Waals surface area (Å²) < 4.78 is 0. The Bertz CT molecular complexity index is 640. The highest BCUT2D eigenvalue weighted by molar-refractivity contribution is 5.90. The molecule has 1 unspecified atom stereocenters. The smallest absolute Gasteiger partial charge is 0.315 e. The predicted octanol–water partition coefficient (Wildman–Crippen LogP) is 3.88. The molecule has 1 saturated carbocycles. The lowest BCUT2D eigenvalue weighted by Gasteiger charge is -2.22. The normalized spacial score (nSPS) is 20.0. The summed E-state index contributed by atoms with van der Waals surface area (Å²) >= 11 is 0. The van der Waals surface area contributed by atoms with Gasteiger partial charge < -0.3 is 20.9 Å². The van der Waals surface area contributed by atoms with Crippen molar-refractivity contribution in [1.29, 1.82) is 0 Å². The zero-order valence-electron chi connectivity index (χ0n) is 17.0. The lowest BCUT2D eigenvalue weighted by atomic mass is 9.96. The number of hydrogen-bond acceptors (Lipinski definition) is 3. The van der Waals surface area contributed by atoms with Crippen LogP contribution >= 0.6 is 0 Å². The van der Waals surface area contributed by atoms with Gasteiger partial charge in [-0.05, 0) is 55.9 Å². The lowest BCUT2D eigenvalue weighted by molar-refractivity contribution is -0.116.